The highest BCUT2D eigenvalue weighted by Crippen LogP contribution is 2.32. The van der Waals surface area contributed by atoms with E-state index in [1.165, 1.54) is 12.0 Å². The van der Waals surface area contributed by atoms with E-state index < -0.39 is 5.97 Å². The lowest BCUT2D eigenvalue weighted by atomic mass is 9.80. The fourth-order valence-electron chi connectivity index (χ4n) is 4.28. The summed E-state index contributed by atoms with van der Waals surface area (Å²) in [5, 5.41) is 9.23. The van der Waals surface area contributed by atoms with Gasteiger partial charge in [-0.3, -0.25) is 9.59 Å². The first-order valence-corrected chi connectivity index (χ1v) is 9.19. The summed E-state index contributed by atoms with van der Waals surface area (Å²) >= 11 is 0. The minimum atomic E-state index is -0.743. The molecule has 1 heterocycles. The number of aliphatic carboxylic acids is 1. The van der Waals surface area contributed by atoms with Crippen molar-refractivity contribution in [2.45, 2.75) is 44.9 Å². The van der Waals surface area contributed by atoms with Crippen LogP contribution in [-0.2, 0) is 16.0 Å². The number of hydrogen-bond donors (Lipinski definition) is 1. The summed E-state index contributed by atoms with van der Waals surface area (Å²) in [6.45, 7) is 1.65. The maximum atomic E-state index is 12.9. The smallest absolute Gasteiger partial charge is 0.306 e. The van der Waals surface area contributed by atoms with Crippen LogP contribution in [0.4, 0.5) is 0 Å². The highest BCUT2D eigenvalue weighted by Gasteiger charge is 2.34. The van der Waals surface area contributed by atoms with Gasteiger partial charge in [0.05, 0.1) is 5.92 Å². The van der Waals surface area contributed by atoms with Crippen molar-refractivity contribution < 1.29 is 14.7 Å². The van der Waals surface area contributed by atoms with Gasteiger partial charge in [0.25, 0.3) is 0 Å². The molecule has 24 heavy (non-hydrogen) atoms. The van der Waals surface area contributed by atoms with E-state index in [1.807, 2.05) is 11.0 Å². The van der Waals surface area contributed by atoms with Crippen LogP contribution in [0.15, 0.2) is 30.3 Å². The lowest BCUT2D eigenvalue weighted by molar-refractivity contribution is -0.146. The molecule has 2 fully saturated rings. The Morgan fingerprint density at radius 2 is 1.79 bits per heavy atom. The molecule has 0 radical (unpaired) electrons. The van der Waals surface area contributed by atoms with Gasteiger partial charge in [-0.25, -0.2) is 0 Å². The van der Waals surface area contributed by atoms with Gasteiger partial charge in [-0.05, 0) is 50.0 Å². The minimum absolute atomic E-state index is 0.0877. The van der Waals surface area contributed by atoms with Crippen LogP contribution in [0.1, 0.15) is 44.1 Å². The molecule has 1 aliphatic carbocycles. The number of piperidine rings is 1. The highest BCUT2D eigenvalue weighted by molar-refractivity contribution is 5.80. The Morgan fingerprint density at radius 1 is 1.04 bits per heavy atom. The van der Waals surface area contributed by atoms with E-state index in [2.05, 4.69) is 24.3 Å². The average Bonchev–Trinajstić information content (AvgIpc) is 2.62. The molecule has 1 amide bonds. The van der Waals surface area contributed by atoms with Gasteiger partial charge in [-0.15, -0.1) is 0 Å². The van der Waals surface area contributed by atoms with Crippen molar-refractivity contribution in [3.05, 3.63) is 35.9 Å². The van der Waals surface area contributed by atoms with Gasteiger partial charge in [0.2, 0.25) is 5.91 Å². The van der Waals surface area contributed by atoms with E-state index in [0.29, 0.717) is 12.3 Å². The molecule has 0 aromatic heterocycles. The molecule has 130 valence electrons. The topological polar surface area (TPSA) is 57.6 Å². The van der Waals surface area contributed by atoms with Crippen molar-refractivity contribution in [3.8, 4) is 0 Å². The quantitative estimate of drug-likeness (QED) is 0.921. The number of rotatable bonds is 4. The number of likely N-dealkylation sites (tertiary alicyclic amines) is 1. The molecule has 2 aliphatic rings. The first-order valence-electron chi connectivity index (χ1n) is 9.19. The fourth-order valence-corrected chi connectivity index (χ4v) is 4.28. The maximum Gasteiger partial charge on any atom is 0.306 e. The first kappa shape index (κ1) is 17.0. The van der Waals surface area contributed by atoms with Gasteiger partial charge >= 0.3 is 5.97 Å². The summed E-state index contributed by atoms with van der Waals surface area (Å²) in [4.78, 5) is 26.1. The van der Waals surface area contributed by atoms with Crippen LogP contribution in [-0.4, -0.2) is 35.0 Å². The second kappa shape index (κ2) is 7.82. The second-order valence-electron chi connectivity index (χ2n) is 7.38. The van der Waals surface area contributed by atoms with Gasteiger partial charge in [0.15, 0.2) is 0 Å². The third kappa shape index (κ3) is 4.16. The van der Waals surface area contributed by atoms with Crippen molar-refractivity contribution >= 4 is 11.9 Å². The summed E-state index contributed by atoms with van der Waals surface area (Å²) < 4.78 is 0. The third-order valence-corrected chi connectivity index (χ3v) is 5.57. The number of carbonyl (C=O) groups is 2. The molecule has 1 saturated heterocycles. The Labute approximate surface area is 143 Å². The first-order chi connectivity index (χ1) is 11.6. The maximum absolute atomic E-state index is 12.9. The van der Waals surface area contributed by atoms with E-state index in [4.69, 9.17) is 0 Å². The molecule has 4 nitrogen and oxygen atoms in total. The number of amides is 1. The average molecular weight is 329 g/mol. The van der Waals surface area contributed by atoms with Crippen molar-refractivity contribution in [1.82, 2.24) is 4.90 Å². The van der Waals surface area contributed by atoms with Crippen LogP contribution >= 0.6 is 0 Å². The zero-order valence-electron chi connectivity index (χ0n) is 14.2. The van der Waals surface area contributed by atoms with Crippen molar-refractivity contribution in [2.75, 3.05) is 13.1 Å². The van der Waals surface area contributed by atoms with Gasteiger partial charge in [-0.1, -0.05) is 36.8 Å². The molecule has 1 aliphatic heterocycles. The van der Waals surface area contributed by atoms with Crippen LogP contribution in [0.2, 0.25) is 0 Å². The van der Waals surface area contributed by atoms with Crippen molar-refractivity contribution in [3.63, 3.8) is 0 Å². The Hall–Kier alpha value is -1.84. The van der Waals surface area contributed by atoms with E-state index in [9.17, 15) is 14.7 Å². The fraction of sp³-hybridized carbons (Fsp3) is 0.600. The zero-order chi connectivity index (χ0) is 16.9. The molecular weight excluding hydrogens is 302 g/mol. The van der Waals surface area contributed by atoms with Crippen LogP contribution in [0.3, 0.4) is 0 Å². The Kier molecular flexibility index (Phi) is 5.54. The standard InChI is InChI=1S/C20H27NO3/c22-19(17-9-4-10-18(13-17)20(23)24)21-11-5-8-16(14-21)12-15-6-2-1-3-7-15/h1-3,6-7,16-18H,4-5,8-14H2,(H,23,24). The molecule has 3 unspecified atom stereocenters. The van der Waals surface area contributed by atoms with E-state index in [1.54, 1.807) is 0 Å². The summed E-state index contributed by atoms with van der Waals surface area (Å²) in [5.41, 5.74) is 1.33. The summed E-state index contributed by atoms with van der Waals surface area (Å²) in [7, 11) is 0. The van der Waals surface area contributed by atoms with Gasteiger partial charge < -0.3 is 10.0 Å². The Morgan fingerprint density at radius 3 is 2.54 bits per heavy atom. The second-order valence-corrected chi connectivity index (χ2v) is 7.38. The number of carboxylic acids is 1. The molecule has 1 aromatic carbocycles. The molecule has 1 saturated carbocycles. The number of carboxylic acid groups (broad SMARTS) is 1. The molecule has 0 spiro atoms. The van der Waals surface area contributed by atoms with E-state index >= 15 is 0 Å². The molecule has 1 aromatic rings. The van der Waals surface area contributed by atoms with Gasteiger partial charge in [0.1, 0.15) is 0 Å². The SMILES string of the molecule is O=C(O)C1CCCC(C(=O)N2CCCC(Cc3ccccc3)C2)C1. The lowest BCUT2D eigenvalue weighted by Gasteiger charge is -2.36. The molecular formula is C20H27NO3. The number of benzene rings is 1. The molecule has 3 rings (SSSR count). The van der Waals surface area contributed by atoms with E-state index in [0.717, 1.165) is 45.2 Å². The Bertz CT molecular complexity index is 572. The van der Waals surface area contributed by atoms with Crippen LogP contribution < -0.4 is 0 Å². The normalized spacial score (nSPS) is 27.7. The zero-order valence-corrected chi connectivity index (χ0v) is 14.2. The largest absolute Gasteiger partial charge is 0.481 e. The Balaban J connectivity index is 1.57. The van der Waals surface area contributed by atoms with Crippen LogP contribution in [0, 0.1) is 17.8 Å². The van der Waals surface area contributed by atoms with Crippen molar-refractivity contribution in [2.24, 2.45) is 17.8 Å². The predicted octanol–water partition coefficient (Wildman–Crippen LogP) is 3.36. The number of nitrogens with zero attached hydrogens (tertiary/aromatic N) is 1. The summed E-state index contributed by atoms with van der Waals surface area (Å²) in [6.07, 6.45) is 6.19. The number of carbonyl (C=O) groups excluding carboxylic acids is 1. The highest BCUT2D eigenvalue weighted by atomic mass is 16.4. The van der Waals surface area contributed by atoms with Gasteiger partial charge in [0, 0.05) is 19.0 Å². The van der Waals surface area contributed by atoms with Crippen molar-refractivity contribution in [1.29, 1.82) is 0 Å². The van der Waals surface area contributed by atoms with Crippen LogP contribution in [0.5, 0.6) is 0 Å². The van der Waals surface area contributed by atoms with Crippen LogP contribution in [0.25, 0.3) is 0 Å². The minimum Gasteiger partial charge on any atom is -0.481 e. The predicted molar refractivity (Wildman–Crippen MR) is 92.5 cm³/mol. The molecule has 3 atom stereocenters. The van der Waals surface area contributed by atoms with E-state index in [-0.39, 0.29) is 17.7 Å². The summed E-state index contributed by atoms with van der Waals surface area (Å²) in [6, 6.07) is 10.5. The summed E-state index contributed by atoms with van der Waals surface area (Å²) in [5.74, 6) is -0.455. The third-order valence-electron chi connectivity index (χ3n) is 5.57. The molecule has 0 bridgehead atoms. The molecule has 1 N–H and O–H groups in total. The molecule has 4 heteroatoms. The lowest BCUT2D eigenvalue weighted by Crippen LogP contribution is -2.44. The van der Waals surface area contributed by atoms with Gasteiger partial charge in [-0.2, -0.15) is 0 Å². The number of hydrogen-bond acceptors (Lipinski definition) is 2. The monoisotopic (exact) mass is 329 g/mol.